The van der Waals surface area contributed by atoms with Crippen LogP contribution in [0.5, 0.6) is 0 Å². The van der Waals surface area contributed by atoms with Gasteiger partial charge < -0.3 is 5.32 Å². The lowest BCUT2D eigenvalue weighted by Gasteiger charge is -2.10. The first-order valence-corrected chi connectivity index (χ1v) is 5.66. The van der Waals surface area contributed by atoms with Crippen molar-refractivity contribution in [3.05, 3.63) is 48.3 Å². The van der Waals surface area contributed by atoms with Crippen LogP contribution in [0.25, 0.3) is 5.69 Å². The van der Waals surface area contributed by atoms with Gasteiger partial charge in [0.25, 0.3) is 0 Å². The van der Waals surface area contributed by atoms with Crippen molar-refractivity contribution in [3.8, 4) is 5.69 Å². The second kappa shape index (κ2) is 5.30. The van der Waals surface area contributed by atoms with E-state index in [0.29, 0.717) is 13.0 Å². The van der Waals surface area contributed by atoms with Gasteiger partial charge in [-0.05, 0) is 17.7 Å². The molecule has 0 atom stereocenters. The van der Waals surface area contributed by atoms with Crippen molar-refractivity contribution >= 4 is 5.91 Å². The SMILES string of the molecule is CCC(=O)NCc1ccccc1-n1cccn1. The second-order valence-corrected chi connectivity index (χ2v) is 3.71. The normalized spacial score (nSPS) is 10.2. The average Bonchev–Trinajstić information content (AvgIpc) is 2.90. The number of benzene rings is 1. The molecule has 0 unspecified atom stereocenters. The summed E-state index contributed by atoms with van der Waals surface area (Å²) >= 11 is 0. The molecule has 2 rings (SSSR count). The van der Waals surface area contributed by atoms with Gasteiger partial charge in [0.2, 0.25) is 5.91 Å². The third kappa shape index (κ3) is 2.72. The van der Waals surface area contributed by atoms with Crippen LogP contribution in [-0.4, -0.2) is 15.7 Å². The molecule has 2 aromatic rings. The molecule has 1 amide bonds. The van der Waals surface area contributed by atoms with E-state index in [2.05, 4.69) is 10.4 Å². The summed E-state index contributed by atoms with van der Waals surface area (Å²) in [6, 6.07) is 9.78. The van der Waals surface area contributed by atoms with E-state index in [-0.39, 0.29) is 5.91 Å². The predicted octanol–water partition coefficient (Wildman–Crippen LogP) is 1.90. The molecule has 0 aliphatic heterocycles. The zero-order valence-electron chi connectivity index (χ0n) is 9.76. The molecule has 88 valence electrons. The summed E-state index contributed by atoms with van der Waals surface area (Å²) < 4.78 is 1.80. The van der Waals surface area contributed by atoms with Crippen molar-refractivity contribution in [2.75, 3.05) is 0 Å². The van der Waals surface area contributed by atoms with Gasteiger partial charge in [-0.25, -0.2) is 4.68 Å². The Morgan fingerprint density at radius 2 is 2.18 bits per heavy atom. The van der Waals surface area contributed by atoms with Gasteiger partial charge in [0, 0.05) is 25.4 Å². The average molecular weight is 229 g/mol. The fourth-order valence-electron chi connectivity index (χ4n) is 1.61. The van der Waals surface area contributed by atoms with Gasteiger partial charge in [-0.2, -0.15) is 5.10 Å². The van der Waals surface area contributed by atoms with Gasteiger partial charge in [-0.1, -0.05) is 25.1 Å². The van der Waals surface area contributed by atoms with Gasteiger partial charge in [0.1, 0.15) is 0 Å². The van der Waals surface area contributed by atoms with Crippen LogP contribution < -0.4 is 5.32 Å². The zero-order chi connectivity index (χ0) is 12.1. The van der Waals surface area contributed by atoms with Crippen LogP contribution in [0, 0.1) is 0 Å². The van der Waals surface area contributed by atoms with Gasteiger partial charge in [0.05, 0.1) is 5.69 Å². The number of amides is 1. The molecule has 0 saturated heterocycles. The van der Waals surface area contributed by atoms with Crippen LogP contribution >= 0.6 is 0 Å². The summed E-state index contributed by atoms with van der Waals surface area (Å²) in [7, 11) is 0. The minimum absolute atomic E-state index is 0.0558. The number of para-hydroxylation sites is 1. The molecular formula is C13H15N3O. The first kappa shape index (κ1) is 11.4. The molecule has 0 spiro atoms. The van der Waals surface area contributed by atoms with E-state index in [4.69, 9.17) is 0 Å². The Balaban J connectivity index is 2.20. The van der Waals surface area contributed by atoms with E-state index in [9.17, 15) is 4.79 Å². The summed E-state index contributed by atoms with van der Waals surface area (Å²) in [6.45, 7) is 2.37. The lowest BCUT2D eigenvalue weighted by molar-refractivity contribution is -0.120. The Kier molecular flexibility index (Phi) is 3.55. The molecule has 0 fully saturated rings. The summed E-state index contributed by atoms with van der Waals surface area (Å²) in [5.41, 5.74) is 2.05. The Morgan fingerprint density at radius 3 is 2.88 bits per heavy atom. The third-order valence-corrected chi connectivity index (χ3v) is 2.54. The number of carbonyl (C=O) groups excluding carboxylic acids is 1. The van der Waals surface area contributed by atoms with Gasteiger partial charge in [-0.15, -0.1) is 0 Å². The maximum atomic E-state index is 11.2. The maximum absolute atomic E-state index is 11.2. The fourth-order valence-corrected chi connectivity index (χ4v) is 1.61. The molecule has 1 aromatic heterocycles. The molecule has 17 heavy (non-hydrogen) atoms. The highest BCUT2D eigenvalue weighted by Gasteiger charge is 2.05. The Hall–Kier alpha value is -2.10. The van der Waals surface area contributed by atoms with Crippen molar-refractivity contribution in [2.45, 2.75) is 19.9 Å². The van der Waals surface area contributed by atoms with Crippen LogP contribution in [0.15, 0.2) is 42.7 Å². The molecule has 0 aliphatic carbocycles. The molecule has 1 heterocycles. The van der Waals surface area contributed by atoms with E-state index in [0.717, 1.165) is 11.3 Å². The highest BCUT2D eigenvalue weighted by Crippen LogP contribution is 2.12. The first-order chi connectivity index (χ1) is 8.31. The van der Waals surface area contributed by atoms with Crippen LogP contribution in [0.3, 0.4) is 0 Å². The van der Waals surface area contributed by atoms with E-state index in [1.54, 1.807) is 10.9 Å². The molecule has 0 radical (unpaired) electrons. The second-order valence-electron chi connectivity index (χ2n) is 3.71. The zero-order valence-corrected chi connectivity index (χ0v) is 9.76. The Bertz CT molecular complexity index is 491. The molecule has 0 saturated carbocycles. The standard InChI is InChI=1S/C13H15N3O/c1-2-13(17)14-10-11-6-3-4-7-12(11)16-9-5-8-15-16/h3-9H,2,10H2,1H3,(H,14,17). The summed E-state index contributed by atoms with van der Waals surface area (Å²) in [4.78, 5) is 11.2. The van der Waals surface area contributed by atoms with Crippen LogP contribution in [0.2, 0.25) is 0 Å². The minimum Gasteiger partial charge on any atom is -0.352 e. The number of carbonyl (C=O) groups is 1. The lowest BCUT2D eigenvalue weighted by atomic mass is 10.1. The Labute approximate surface area is 100 Å². The van der Waals surface area contributed by atoms with Gasteiger partial charge >= 0.3 is 0 Å². The number of hydrogen-bond donors (Lipinski definition) is 1. The number of nitrogens with zero attached hydrogens (tertiary/aromatic N) is 2. The summed E-state index contributed by atoms with van der Waals surface area (Å²) in [5.74, 6) is 0.0558. The van der Waals surface area contributed by atoms with Crippen molar-refractivity contribution in [1.82, 2.24) is 15.1 Å². The number of nitrogens with one attached hydrogen (secondary N) is 1. The van der Waals surface area contributed by atoms with Gasteiger partial charge in [-0.3, -0.25) is 4.79 Å². The minimum atomic E-state index is 0.0558. The van der Waals surface area contributed by atoms with Crippen LogP contribution in [0.1, 0.15) is 18.9 Å². The van der Waals surface area contributed by atoms with Crippen molar-refractivity contribution in [3.63, 3.8) is 0 Å². The number of hydrogen-bond acceptors (Lipinski definition) is 2. The molecule has 1 N–H and O–H groups in total. The molecule has 0 aliphatic rings. The van der Waals surface area contributed by atoms with Crippen molar-refractivity contribution < 1.29 is 4.79 Å². The van der Waals surface area contributed by atoms with Crippen molar-refractivity contribution in [2.24, 2.45) is 0 Å². The molecule has 4 nitrogen and oxygen atoms in total. The molecule has 1 aromatic carbocycles. The molecule has 4 heteroatoms. The summed E-state index contributed by atoms with van der Waals surface area (Å²) in [6.07, 6.45) is 4.13. The topological polar surface area (TPSA) is 46.9 Å². The monoisotopic (exact) mass is 229 g/mol. The highest BCUT2D eigenvalue weighted by atomic mass is 16.1. The first-order valence-electron chi connectivity index (χ1n) is 5.66. The largest absolute Gasteiger partial charge is 0.352 e. The highest BCUT2D eigenvalue weighted by molar-refractivity contribution is 5.75. The lowest BCUT2D eigenvalue weighted by Crippen LogP contribution is -2.22. The van der Waals surface area contributed by atoms with Crippen LogP contribution in [0.4, 0.5) is 0 Å². The van der Waals surface area contributed by atoms with Crippen LogP contribution in [-0.2, 0) is 11.3 Å². The fraction of sp³-hybridized carbons (Fsp3) is 0.231. The molecule has 0 bridgehead atoms. The number of aromatic nitrogens is 2. The quantitative estimate of drug-likeness (QED) is 0.870. The van der Waals surface area contributed by atoms with E-state index < -0.39 is 0 Å². The predicted molar refractivity (Wildman–Crippen MR) is 65.7 cm³/mol. The summed E-state index contributed by atoms with van der Waals surface area (Å²) in [5, 5.41) is 7.07. The smallest absolute Gasteiger partial charge is 0.219 e. The van der Waals surface area contributed by atoms with E-state index in [1.165, 1.54) is 0 Å². The van der Waals surface area contributed by atoms with Crippen molar-refractivity contribution in [1.29, 1.82) is 0 Å². The maximum Gasteiger partial charge on any atom is 0.219 e. The van der Waals surface area contributed by atoms with E-state index in [1.807, 2.05) is 43.5 Å². The van der Waals surface area contributed by atoms with Gasteiger partial charge in [0.15, 0.2) is 0 Å². The van der Waals surface area contributed by atoms with E-state index >= 15 is 0 Å². The Morgan fingerprint density at radius 1 is 1.35 bits per heavy atom. The molecular weight excluding hydrogens is 214 g/mol. The third-order valence-electron chi connectivity index (χ3n) is 2.54. The number of rotatable bonds is 4.